The summed E-state index contributed by atoms with van der Waals surface area (Å²) in [6.45, 7) is 2.79. The summed E-state index contributed by atoms with van der Waals surface area (Å²) in [6, 6.07) is 1.58. The third-order valence-corrected chi connectivity index (χ3v) is 4.81. The Morgan fingerprint density at radius 1 is 1.21 bits per heavy atom. The molecule has 154 valence electrons. The summed E-state index contributed by atoms with van der Waals surface area (Å²) in [5, 5.41) is 9.58. The average molecular weight is 412 g/mol. The van der Waals surface area contributed by atoms with Gasteiger partial charge in [0.05, 0.1) is 11.3 Å². The molecule has 11 heteroatoms. The predicted molar refractivity (Wildman–Crippen MR) is 97.5 cm³/mol. The zero-order valence-electron chi connectivity index (χ0n) is 15.5. The molecule has 2 heterocycles. The first-order chi connectivity index (χ1) is 13.3. The van der Waals surface area contributed by atoms with Gasteiger partial charge in [0.1, 0.15) is 17.0 Å². The standard InChI is InChI=1S/C18H16F4N4O3/c1-6-4-9(19)14(27)7(2)12(6)26-13-8(11(15(26)23)16(24)28)5-10(18(20,21)22)25(3)17(13)29/h4-5,27H,23H2,1-3H3,(H2,24,28). The fourth-order valence-corrected chi connectivity index (χ4v) is 3.48. The van der Waals surface area contributed by atoms with E-state index < -0.39 is 51.7 Å². The van der Waals surface area contributed by atoms with Crippen LogP contribution >= 0.6 is 0 Å². The number of carbonyl (C=O) groups excluding carboxylic acids is 1. The van der Waals surface area contributed by atoms with Crippen LogP contribution in [0.2, 0.25) is 0 Å². The molecule has 1 aromatic carbocycles. The van der Waals surface area contributed by atoms with Crippen LogP contribution in [-0.2, 0) is 13.2 Å². The number of pyridine rings is 1. The van der Waals surface area contributed by atoms with Gasteiger partial charge in [-0.15, -0.1) is 0 Å². The molecule has 0 unspecified atom stereocenters. The SMILES string of the molecule is Cc1cc(F)c(O)c(C)c1-n1c(N)c(C(N)=O)c2cc(C(F)(F)F)n(C)c(=O)c21. The minimum Gasteiger partial charge on any atom is -0.505 e. The number of benzene rings is 1. The fraction of sp³-hybridized carbons (Fsp3) is 0.222. The number of nitrogens with zero attached hydrogens (tertiary/aromatic N) is 2. The molecular weight excluding hydrogens is 396 g/mol. The van der Waals surface area contributed by atoms with Gasteiger partial charge in [-0.1, -0.05) is 0 Å². The zero-order chi connectivity index (χ0) is 22.0. The first kappa shape index (κ1) is 20.2. The van der Waals surface area contributed by atoms with Crippen LogP contribution in [0.1, 0.15) is 27.2 Å². The highest BCUT2D eigenvalue weighted by Crippen LogP contribution is 2.38. The molecule has 1 amide bonds. The molecule has 2 aromatic heterocycles. The van der Waals surface area contributed by atoms with E-state index in [9.17, 15) is 32.3 Å². The molecule has 29 heavy (non-hydrogen) atoms. The fourth-order valence-electron chi connectivity index (χ4n) is 3.48. The van der Waals surface area contributed by atoms with E-state index in [1.54, 1.807) is 0 Å². The number of hydrogen-bond acceptors (Lipinski definition) is 4. The number of rotatable bonds is 2. The molecule has 0 fully saturated rings. The van der Waals surface area contributed by atoms with Gasteiger partial charge in [-0.2, -0.15) is 13.2 Å². The van der Waals surface area contributed by atoms with E-state index in [2.05, 4.69) is 0 Å². The van der Waals surface area contributed by atoms with Gasteiger partial charge in [-0.3, -0.25) is 14.2 Å². The van der Waals surface area contributed by atoms with E-state index in [4.69, 9.17) is 11.5 Å². The number of hydrogen-bond donors (Lipinski definition) is 3. The van der Waals surface area contributed by atoms with Crippen molar-refractivity contribution in [2.24, 2.45) is 12.8 Å². The van der Waals surface area contributed by atoms with Gasteiger partial charge in [0.25, 0.3) is 11.5 Å². The summed E-state index contributed by atoms with van der Waals surface area (Å²) in [6.07, 6.45) is -4.88. The number of nitrogen functional groups attached to an aromatic ring is 1. The van der Waals surface area contributed by atoms with Crippen molar-refractivity contribution in [2.75, 3.05) is 5.73 Å². The van der Waals surface area contributed by atoms with Crippen molar-refractivity contribution in [1.82, 2.24) is 9.13 Å². The summed E-state index contributed by atoms with van der Waals surface area (Å²) in [4.78, 5) is 24.8. The number of carbonyl (C=O) groups is 1. The van der Waals surface area contributed by atoms with Crippen LogP contribution in [0.5, 0.6) is 5.75 Å². The van der Waals surface area contributed by atoms with Gasteiger partial charge in [-0.25, -0.2) is 4.39 Å². The molecule has 0 radical (unpaired) electrons. The van der Waals surface area contributed by atoms with Crippen molar-refractivity contribution in [2.45, 2.75) is 20.0 Å². The van der Waals surface area contributed by atoms with E-state index in [-0.39, 0.29) is 22.3 Å². The number of phenolic OH excluding ortho intramolecular Hbond substituents is 1. The van der Waals surface area contributed by atoms with Crippen molar-refractivity contribution in [1.29, 1.82) is 0 Å². The van der Waals surface area contributed by atoms with E-state index >= 15 is 0 Å². The zero-order valence-corrected chi connectivity index (χ0v) is 15.5. The Balaban J connectivity index is 2.64. The number of phenols is 1. The monoisotopic (exact) mass is 412 g/mol. The number of nitrogens with two attached hydrogens (primary N) is 2. The van der Waals surface area contributed by atoms with E-state index in [1.165, 1.54) is 13.8 Å². The summed E-state index contributed by atoms with van der Waals surface area (Å²) in [5.41, 5.74) is 8.34. The van der Waals surface area contributed by atoms with Crippen LogP contribution < -0.4 is 17.0 Å². The van der Waals surface area contributed by atoms with Crippen LogP contribution in [0.15, 0.2) is 16.9 Å². The topological polar surface area (TPSA) is 116 Å². The summed E-state index contributed by atoms with van der Waals surface area (Å²) >= 11 is 0. The van der Waals surface area contributed by atoms with Crippen molar-refractivity contribution in [3.05, 3.63) is 50.7 Å². The number of halogens is 4. The highest BCUT2D eigenvalue weighted by atomic mass is 19.4. The van der Waals surface area contributed by atoms with Gasteiger partial charge in [-0.05, 0) is 31.5 Å². The lowest BCUT2D eigenvalue weighted by Crippen LogP contribution is -2.27. The lowest BCUT2D eigenvalue weighted by atomic mass is 10.1. The van der Waals surface area contributed by atoms with Crippen molar-refractivity contribution in [3.63, 3.8) is 0 Å². The third kappa shape index (κ3) is 2.80. The molecule has 7 nitrogen and oxygen atoms in total. The number of anilines is 1. The molecule has 0 atom stereocenters. The molecule has 3 rings (SSSR count). The Labute approximate surface area is 160 Å². The number of aryl methyl sites for hydroxylation is 1. The summed E-state index contributed by atoms with van der Waals surface area (Å²) < 4.78 is 55.3. The van der Waals surface area contributed by atoms with Crippen LogP contribution in [0, 0.1) is 19.7 Å². The van der Waals surface area contributed by atoms with Gasteiger partial charge >= 0.3 is 6.18 Å². The summed E-state index contributed by atoms with van der Waals surface area (Å²) in [5.74, 6) is -3.20. The number of aromatic nitrogens is 2. The molecule has 0 aliphatic carbocycles. The van der Waals surface area contributed by atoms with Crippen molar-refractivity contribution < 1.29 is 27.5 Å². The van der Waals surface area contributed by atoms with E-state index in [0.717, 1.165) is 17.7 Å². The minimum absolute atomic E-state index is 0.0240. The number of primary amides is 1. The van der Waals surface area contributed by atoms with Crippen LogP contribution in [-0.4, -0.2) is 20.1 Å². The Bertz CT molecular complexity index is 1260. The Morgan fingerprint density at radius 3 is 2.31 bits per heavy atom. The van der Waals surface area contributed by atoms with Crippen LogP contribution in [0.3, 0.4) is 0 Å². The highest BCUT2D eigenvalue weighted by molar-refractivity contribution is 6.11. The Morgan fingerprint density at radius 2 is 1.79 bits per heavy atom. The summed E-state index contributed by atoms with van der Waals surface area (Å²) in [7, 11) is 0.921. The number of amides is 1. The van der Waals surface area contributed by atoms with Crippen molar-refractivity contribution >= 4 is 22.6 Å². The van der Waals surface area contributed by atoms with Gasteiger partial charge in [0.2, 0.25) is 0 Å². The second-order valence-corrected chi connectivity index (χ2v) is 6.61. The third-order valence-electron chi connectivity index (χ3n) is 4.81. The van der Waals surface area contributed by atoms with E-state index in [1.807, 2.05) is 0 Å². The molecule has 0 aliphatic heterocycles. The predicted octanol–water partition coefficient (Wildman–Crippen LogP) is 2.49. The Kier molecular flexibility index (Phi) is 4.37. The molecule has 0 saturated carbocycles. The number of aromatic hydroxyl groups is 1. The smallest absolute Gasteiger partial charge is 0.431 e. The Hall–Kier alpha value is -3.50. The average Bonchev–Trinajstić information content (AvgIpc) is 2.88. The molecule has 5 N–H and O–H groups in total. The molecule has 0 bridgehead atoms. The van der Waals surface area contributed by atoms with Gasteiger partial charge in [0.15, 0.2) is 11.6 Å². The first-order valence-corrected chi connectivity index (χ1v) is 8.19. The first-order valence-electron chi connectivity index (χ1n) is 8.19. The lowest BCUT2D eigenvalue weighted by molar-refractivity contribution is -0.143. The quantitative estimate of drug-likeness (QED) is 0.561. The molecule has 0 saturated heterocycles. The maximum atomic E-state index is 13.9. The molecule has 0 aliphatic rings. The molecular formula is C18H16F4N4O3. The van der Waals surface area contributed by atoms with Gasteiger partial charge < -0.3 is 21.1 Å². The van der Waals surface area contributed by atoms with Crippen molar-refractivity contribution in [3.8, 4) is 11.4 Å². The second kappa shape index (κ2) is 6.26. The number of alkyl halides is 3. The highest BCUT2D eigenvalue weighted by Gasteiger charge is 2.36. The largest absolute Gasteiger partial charge is 0.505 e. The maximum Gasteiger partial charge on any atom is 0.431 e. The molecule has 3 aromatic rings. The lowest BCUT2D eigenvalue weighted by Gasteiger charge is -2.17. The second-order valence-electron chi connectivity index (χ2n) is 6.61. The normalized spacial score (nSPS) is 12.0. The maximum absolute atomic E-state index is 13.9. The van der Waals surface area contributed by atoms with Crippen LogP contribution in [0.4, 0.5) is 23.4 Å². The van der Waals surface area contributed by atoms with Crippen LogP contribution in [0.25, 0.3) is 16.6 Å². The van der Waals surface area contributed by atoms with Gasteiger partial charge in [0, 0.05) is 18.0 Å². The van der Waals surface area contributed by atoms with E-state index in [0.29, 0.717) is 10.6 Å². The minimum atomic E-state index is -4.88. The number of fused-ring (bicyclic) bond motifs is 1. The molecule has 0 spiro atoms.